The lowest BCUT2D eigenvalue weighted by atomic mass is 10.1. The maximum Gasteiger partial charge on any atom is 0.410 e. The van der Waals surface area contributed by atoms with Crippen LogP contribution in [0.15, 0.2) is 36.4 Å². The summed E-state index contributed by atoms with van der Waals surface area (Å²) >= 11 is 0. The number of para-hydroxylation sites is 1. The fraction of sp³-hybridized carbons (Fsp3) is 0.435. The van der Waals surface area contributed by atoms with Crippen molar-refractivity contribution < 1.29 is 28.1 Å². The van der Waals surface area contributed by atoms with Gasteiger partial charge >= 0.3 is 6.09 Å². The summed E-state index contributed by atoms with van der Waals surface area (Å²) in [5, 5.41) is 0. The van der Waals surface area contributed by atoms with Gasteiger partial charge in [0, 0.05) is 18.2 Å². The van der Waals surface area contributed by atoms with Crippen LogP contribution in [0.1, 0.15) is 31.9 Å². The molecule has 0 aliphatic heterocycles. The first kappa shape index (κ1) is 23.3. The zero-order valence-electron chi connectivity index (χ0n) is 18.5. The molecule has 0 heterocycles. The van der Waals surface area contributed by atoms with Crippen molar-refractivity contribution in [2.24, 2.45) is 0 Å². The van der Waals surface area contributed by atoms with E-state index in [-0.39, 0.29) is 5.75 Å². The van der Waals surface area contributed by atoms with Crippen molar-refractivity contribution >= 4 is 6.09 Å². The number of benzene rings is 2. The Bertz CT molecular complexity index is 863. The van der Waals surface area contributed by atoms with Crippen molar-refractivity contribution in [3.63, 3.8) is 0 Å². The van der Waals surface area contributed by atoms with E-state index in [0.29, 0.717) is 31.0 Å². The highest BCUT2D eigenvalue weighted by molar-refractivity contribution is 5.68. The lowest BCUT2D eigenvalue weighted by molar-refractivity contribution is 0.0234. The Morgan fingerprint density at radius 3 is 2.17 bits per heavy atom. The van der Waals surface area contributed by atoms with E-state index in [0.717, 1.165) is 11.1 Å². The van der Waals surface area contributed by atoms with Gasteiger partial charge in [0.25, 0.3) is 0 Å². The topological polar surface area (TPSA) is 57.2 Å². The van der Waals surface area contributed by atoms with Gasteiger partial charge in [0.1, 0.15) is 17.1 Å². The minimum Gasteiger partial charge on any atom is -0.496 e. The molecular weight excluding hydrogens is 388 g/mol. The molecule has 0 radical (unpaired) electrons. The van der Waals surface area contributed by atoms with Gasteiger partial charge < -0.3 is 23.8 Å². The second kappa shape index (κ2) is 10.2. The number of halogens is 1. The number of methoxy groups -OCH3 is 3. The van der Waals surface area contributed by atoms with Gasteiger partial charge in [-0.3, -0.25) is 0 Å². The molecule has 1 amide bonds. The Morgan fingerprint density at radius 2 is 1.57 bits per heavy atom. The van der Waals surface area contributed by atoms with Crippen LogP contribution < -0.4 is 14.2 Å². The van der Waals surface area contributed by atoms with E-state index in [2.05, 4.69) is 0 Å². The minimum absolute atomic E-state index is 0.124. The summed E-state index contributed by atoms with van der Waals surface area (Å²) in [4.78, 5) is 14.5. The molecule has 7 heteroatoms. The molecule has 0 saturated carbocycles. The third-order valence-electron chi connectivity index (χ3n) is 4.41. The van der Waals surface area contributed by atoms with Crippen molar-refractivity contribution in [2.75, 3.05) is 27.9 Å². The van der Waals surface area contributed by atoms with Crippen LogP contribution in [-0.2, 0) is 17.7 Å². The average molecular weight is 418 g/mol. The van der Waals surface area contributed by atoms with E-state index in [1.807, 2.05) is 45.0 Å². The lowest BCUT2D eigenvalue weighted by Crippen LogP contribution is -2.37. The Balaban J connectivity index is 2.28. The quantitative estimate of drug-likeness (QED) is 0.615. The standard InChI is InChI=1S/C23H30FNO5/c1-23(2,3)30-22(26)25(15-17-9-7-8-10-19(17)27-4)12-11-16-13-21(29-6)18(24)14-20(16)28-5/h7-10,13-14H,11-12,15H2,1-6H3/i24-1. The van der Waals surface area contributed by atoms with Gasteiger partial charge in [-0.1, -0.05) is 18.2 Å². The largest absolute Gasteiger partial charge is 0.496 e. The van der Waals surface area contributed by atoms with Crippen molar-refractivity contribution in [3.8, 4) is 17.2 Å². The maximum atomic E-state index is 14.0. The number of hydrogen-bond donors (Lipinski definition) is 0. The number of amides is 1. The van der Waals surface area contributed by atoms with Crippen LogP contribution in [0.3, 0.4) is 0 Å². The molecule has 2 aromatic rings. The molecule has 2 rings (SSSR count). The summed E-state index contributed by atoms with van der Waals surface area (Å²) in [6.07, 6.45) is -0.0183. The van der Waals surface area contributed by atoms with Gasteiger partial charge in [-0.15, -0.1) is 0 Å². The average Bonchev–Trinajstić information content (AvgIpc) is 2.70. The molecule has 2 aromatic carbocycles. The lowest BCUT2D eigenvalue weighted by Gasteiger charge is -2.28. The van der Waals surface area contributed by atoms with Gasteiger partial charge in [0.15, 0.2) is 11.6 Å². The predicted octanol–water partition coefficient (Wildman–Crippen LogP) is 4.83. The molecule has 0 bridgehead atoms. The summed E-state index contributed by atoms with van der Waals surface area (Å²) in [6, 6.07) is 10.4. The van der Waals surface area contributed by atoms with Gasteiger partial charge in [0.05, 0.1) is 27.9 Å². The van der Waals surface area contributed by atoms with Gasteiger partial charge in [-0.2, -0.15) is 0 Å². The number of hydrogen-bond acceptors (Lipinski definition) is 5. The Morgan fingerprint density at radius 1 is 0.933 bits per heavy atom. The predicted molar refractivity (Wildman–Crippen MR) is 113 cm³/mol. The molecule has 0 aliphatic carbocycles. The number of carbonyl (C=O) groups is 1. The van der Waals surface area contributed by atoms with Crippen molar-refractivity contribution in [1.29, 1.82) is 0 Å². The molecular formula is C23H30FNO5. The van der Waals surface area contributed by atoms with E-state index in [1.165, 1.54) is 20.3 Å². The molecule has 0 N–H and O–H groups in total. The molecule has 0 fully saturated rings. The summed E-state index contributed by atoms with van der Waals surface area (Å²) in [5.41, 5.74) is 0.950. The smallest absolute Gasteiger partial charge is 0.410 e. The molecule has 6 nitrogen and oxygen atoms in total. The van der Waals surface area contributed by atoms with Crippen LogP contribution in [0.5, 0.6) is 17.2 Å². The van der Waals surface area contributed by atoms with Crippen molar-refractivity contribution in [1.82, 2.24) is 4.90 Å². The van der Waals surface area contributed by atoms with Crippen LogP contribution in [-0.4, -0.2) is 44.5 Å². The summed E-state index contributed by atoms with van der Waals surface area (Å²) < 4.78 is 35.4. The minimum atomic E-state index is -0.632. The molecule has 0 aliphatic rings. The Kier molecular flexibility index (Phi) is 7.92. The van der Waals surface area contributed by atoms with Gasteiger partial charge in [0.2, 0.25) is 0 Å². The second-order valence-corrected chi connectivity index (χ2v) is 7.76. The summed E-state index contributed by atoms with van der Waals surface area (Å²) in [7, 11) is 4.47. The fourth-order valence-electron chi connectivity index (χ4n) is 2.98. The zero-order chi connectivity index (χ0) is 22.3. The first-order chi connectivity index (χ1) is 14.2. The fourth-order valence-corrected chi connectivity index (χ4v) is 2.98. The van der Waals surface area contributed by atoms with Gasteiger partial charge in [-0.25, -0.2) is 9.18 Å². The van der Waals surface area contributed by atoms with Crippen molar-refractivity contribution in [3.05, 3.63) is 53.3 Å². The van der Waals surface area contributed by atoms with Crippen LogP contribution in [0.25, 0.3) is 0 Å². The third kappa shape index (κ3) is 6.27. The summed E-state index contributed by atoms with van der Waals surface area (Å²) in [5.74, 6) is 0.706. The number of ether oxygens (including phenoxy) is 4. The first-order valence-corrected chi connectivity index (χ1v) is 9.68. The van der Waals surface area contributed by atoms with Crippen LogP contribution >= 0.6 is 0 Å². The number of nitrogens with zero attached hydrogens (tertiary/aromatic N) is 1. The number of rotatable bonds is 8. The molecule has 164 valence electrons. The summed E-state index contributed by atoms with van der Waals surface area (Å²) in [6.45, 7) is 6.10. The first-order valence-electron chi connectivity index (χ1n) is 9.68. The number of carbonyl (C=O) groups excluding carboxylic acids is 1. The zero-order valence-corrected chi connectivity index (χ0v) is 18.5. The monoisotopic (exact) mass is 418 g/mol. The normalized spacial score (nSPS) is 11.0. The highest BCUT2D eigenvalue weighted by Gasteiger charge is 2.24. The van der Waals surface area contributed by atoms with E-state index >= 15 is 0 Å². The maximum absolute atomic E-state index is 14.0. The highest BCUT2D eigenvalue weighted by atomic mass is 18.2. The van der Waals surface area contributed by atoms with Crippen molar-refractivity contribution in [2.45, 2.75) is 39.3 Å². The molecule has 0 aromatic heterocycles. The van der Waals surface area contributed by atoms with Gasteiger partial charge in [-0.05, 0) is 44.9 Å². The highest BCUT2D eigenvalue weighted by Crippen LogP contribution is 2.29. The Hall–Kier alpha value is -2.96. The Labute approximate surface area is 177 Å². The van der Waals surface area contributed by atoms with E-state index in [1.54, 1.807) is 18.1 Å². The third-order valence-corrected chi connectivity index (χ3v) is 4.41. The molecule has 0 spiro atoms. The van der Waals surface area contributed by atoms with E-state index in [9.17, 15) is 9.18 Å². The molecule has 0 unspecified atom stereocenters. The van der Waals surface area contributed by atoms with E-state index < -0.39 is 17.5 Å². The van der Waals surface area contributed by atoms with E-state index in [4.69, 9.17) is 18.9 Å². The molecule has 0 atom stereocenters. The second-order valence-electron chi connectivity index (χ2n) is 7.76. The van der Waals surface area contributed by atoms with Crippen LogP contribution in [0.2, 0.25) is 0 Å². The van der Waals surface area contributed by atoms with Crippen LogP contribution in [0, 0.1) is 5.82 Å². The molecule has 0 saturated heterocycles. The SMILES string of the molecule is COc1cc(CCN(Cc2ccccc2OC)C(=O)OC(C)(C)C)c(OC)cc1[18F]. The van der Waals surface area contributed by atoms with Crippen LogP contribution in [0.4, 0.5) is 9.18 Å². The molecule has 30 heavy (non-hydrogen) atoms.